The van der Waals surface area contributed by atoms with Crippen molar-refractivity contribution in [1.82, 2.24) is 10.7 Å². The van der Waals surface area contributed by atoms with Gasteiger partial charge in [0.1, 0.15) is 11.5 Å². The first kappa shape index (κ1) is 14.2. The van der Waals surface area contributed by atoms with E-state index < -0.39 is 0 Å². The van der Waals surface area contributed by atoms with Gasteiger partial charge in [0.15, 0.2) is 0 Å². The van der Waals surface area contributed by atoms with Crippen LogP contribution >= 0.6 is 0 Å². The molecule has 0 saturated carbocycles. The van der Waals surface area contributed by atoms with Gasteiger partial charge in [-0.15, -0.1) is 0 Å². The topological polar surface area (TPSA) is 70.6 Å². The number of hydrazone groups is 1. The van der Waals surface area contributed by atoms with Crippen LogP contribution in [-0.2, 0) is 9.59 Å². The lowest BCUT2D eigenvalue weighted by atomic mass is 10.1. The molecular weight excluding hydrogens is 261 g/mol. The Hall–Kier alpha value is -2.24. The highest BCUT2D eigenvalue weighted by Crippen LogP contribution is 2.16. The Morgan fingerprint density at radius 2 is 2.20 bits per heavy atom. The van der Waals surface area contributed by atoms with Gasteiger partial charge in [-0.25, -0.2) is 9.82 Å². The second-order valence-corrected chi connectivity index (χ2v) is 4.80. The van der Waals surface area contributed by atoms with E-state index in [2.05, 4.69) is 15.8 Å². The van der Waals surface area contributed by atoms with Gasteiger partial charge in [0.25, 0.3) is 5.91 Å². The molecule has 0 fully saturated rings. The molecule has 1 unspecified atom stereocenters. The molecule has 0 spiro atoms. The van der Waals surface area contributed by atoms with Gasteiger partial charge in [0.2, 0.25) is 5.91 Å². The summed E-state index contributed by atoms with van der Waals surface area (Å²) in [5.41, 5.74) is 3.80. The fourth-order valence-corrected chi connectivity index (χ4v) is 1.88. The largest absolute Gasteiger partial charge is 0.344 e. The van der Waals surface area contributed by atoms with Gasteiger partial charge < -0.3 is 5.32 Å². The minimum Gasteiger partial charge on any atom is -0.344 e. The normalized spacial score (nSPS) is 16.1. The number of hydrogen-bond acceptors (Lipinski definition) is 3. The lowest BCUT2D eigenvalue weighted by molar-refractivity contribution is -0.121. The average Bonchev–Trinajstić information content (AvgIpc) is 2.42. The highest BCUT2D eigenvalue weighted by Gasteiger charge is 2.20. The number of hydrogen-bond donors (Lipinski definition) is 2. The summed E-state index contributed by atoms with van der Waals surface area (Å²) in [6, 6.07) is 4.52. The molecule has 1 aliphatic rings. The second-order valence-electron chi connectivity index (χ2n) is 4.80. The van der Waals surface area contributed by atoms with Crippen molar-refractivity contribution in [2.75, 3.05) is 0 Å². The van der Waals surface area contributed by atoms with E-state index in [1.54, 1.807) is 26.0 Å². The van der Waals surface area contributed by atoms with Crippen LogP contribution in [0, 0.1) is 12.7 Å². The summed E-state index contributed by atoms with van der Waals surface area (Å²) in [7, 11) is 0. The van der Waals surface area contributed by atoms with Crippen molar-refractivity contribution < 1.29 is 14.0 Å². The predicted molar refractivity (Wildman–Crippen MR) is 72.5 cm³/mol. The van der Waals surface area contributed by atoms with Crippen molar-refractivity contribution in [1.29, 1.82) is 0 Å². The Labute approximate surface area is 116 Å². The molecule has 2 N–H and O–H groups in total. The quantitative estimate of drug-likeness (QED) is 0.880. The molecule has 106 valence electrons. The Kier molecular flexibility index (Phi) is 4.12. The molecule has 6 heteroatoms. The van der Waals surface area contributed by atoms with E-state index in [0.29, 0.717) is 17.5 Å². The minimum absolute atomic E-state index is 0.199. The molecule has 0 aliphatic carbocycles. The van der Waals surface area contributed by atoms with Gasteiger partial charge in [-0.3, -0.25) is 9.59 Å². The molecule has 2 amide bonds. The SMILES string of the molecule is Cc1ccc(C(C)NC(=O)C2=NNC(=O)CC2)cc1F. The van der Waals surface area contributed by atoms with Crippen LogP contribution in [0.5, 0.6) is 0 Å². The molecule has 1 atom stereocenters. The third-order valence-electron chi connectivity index (χ3n) is 3.21. The van der Waals surface area contributed by atoms with Crippen LogP contribution in [0.2, 0.25) is 0 Å². The summed E-state index contributed by atoms with van der Waals surface area (Å²) in [5, 5.41) is 6.46. The van der Waals surface area contributed by atoms with Crippen LogP contribution in [0.15, 0.2) is 23.3 Å². The Bertz CT molecular complexity index is 584. The van der Waals surface area contributed by atoms with Gasteiger partial charge >= 0.3 is 0 Å². The number of carbonyl (C=O) groups is 2. The number of carbonyl (C=O) groups excluding carboxylic acids is 2. The second kappa shape index (κ2) is 5.81. The fourth-order valence-electron chi connectivity index (χ4n) is 1.88. The first-order valence-electron chi connectivity index (χ1n) is 6.39. The van der Waals surface area contributed by atoms with Crippen LogP contribution in [0.1, 0.15) is 36.9 Å². The van der Waals surface area contributed by atoms with Crippen molar-refractivity contribution in [2.45, 2.75) is 32.7 Å². The zero-order chi connectivity index (χ0) is 14.7. The number of nitrogens with one attached hydrogen (secondary N) is 2. The summed E-state index contributed by atoms with van der Waals surface area (Å²) >= 11 is 0. The van der Waals surface area contributed by atoms with Crippen molar-refractivity contribution in [3.8, 4) is 0 Å². The Morgan fingerprint density at radius 3 is 2.80 bits per heavy atom. The van der Waals surface area contributed by atoms with Crippen molar-refractivity contribution >= 4 is 17.5 Å². The highest BCUT2D eigenvalue weighted by atomic mass is 19.1. The molecule has 5 nitrogen and oxygen atoms in total. The first-order chi connectivity index (χ1) is 9.47. The number of halogens is 1. The molecule has 2 rings (SSSR count). The molecule has 0 saturated heterocycles. The van der Waals surface area contributed by atoms with E-state index in [9.17, 15) is 14.0 Å². The minimum atomic E-state index is -0.349. The number of aryl methyl sites for hydroxylation is 1. The number of nitrogens with zero attached hydrogens (tertiary/aromatic N) is 1. The first-order valence-corrected chi connectivity index (χ1v) is 6.39. The zero-order valence-corrected chi connectivity index (χ0v) is 11.4. The van der Waals surface area contributed by atoms with Crippen LogP contribution in [0.4, 0.5) is 4.39 Å². The van der Waals surface area contributed by atoms with E-state index in [1.807, 2.05) is 0 Å². The zero-order valence-electron chi connectivity index (χ0n) is 11.4. The molecule has 0 radical (unpaired) electrons. The van der Waals surface area contributed by atoms with Gasteiger partial charge in [-0.2, -0.15) is 5.10 Å². The molecule has 0 aromatic heterocycles. The number of amides is 2. The monoisotopic (exact) mass is 277 g/mol. The molecule has 1 aromatic carbocycles. The van der Waals surface area contributed by atoms with Crippen LogP contribution < -0.4 is 10.7 Å². The van der Waals surface area contributed by atoms with Gasteiger partial charge in [0, 0.05) is 12.8 Å². The summed E-state index contributed by atoms with van der Waals surface area (Å²) in [5.74, 6) is -0.848. The van der Waals surface area contributed by atoms with Gasteiger partial charge in [-0.05, 0) is 31.0 Å². The lowest BCUT2D eigenvalue weighted by Gasteiger charge is -2.17. The maximum atomic E-state index is 13.5. The predicted octanol–water partition coefficient (Wildman–Crippen LogP) is 1.58. The molecule has 1 heterocycles. The van der Waals surface area contributed by atoms with Crippen LogP contribution in [0.3, 0.4) is 0 Å². The van der Waals surface area contributed by atoms with E-state index in [0.717, 1.165) is 0 Å². The third-order valence-corrected chi connectivity index (χ3v) is 3.21. The Balaban J connectivity index is 2.03. The molecule has 1 aliphatic heterocycles. The Morgan fingerprint density at radius 1 is 1.45 bits per heavy atom. The summed E-state index contributed by atoms with van der Waals surface area (Å²) in [4.78, 5) is 22.9. The lowest BCUT2D eigenvalue weighted by Crippen LogP contribution is -2.38. The number of rotatable bonds is 3. The smallest absolute Gasteiger partial charge is 0.267 e. The maximum Gasteiger partial charge on any atom is 0.267 e. The van der Waals surface area contributed by atoms with Gasteiger partial charge in [0.05, 0.1) is 6.04 Å². The standard InChI is InChI=1S/C14H16FN3O2/c1-8-3-4-10(7-11(8)15)9(2)16-14(20)12-5-6-13(19)18-17-12/h3-4,7,9H,5-6H2,1-2H3,(H,16,20)(H,18,19). The number of benzene rings is 1. The van der Waals surface area contributed by atoms with Crippen molar-refractivity contribution in [2.24, 2.45) is 5.10 Å². The van der Waals surface area contributed by atoms with E-state index >= 15 is 0 Å². The summed E-state index contributed by atoms with van der Waals surface area (Å²) < 4.78 is 13.5. The highest BCUT2D eigenvalue weighted by molar-refractivity contribution is 6.39. The molecular formula is C14H16FN3O2. The van der Waals surface area contributed by atoms with Gasteiger partial charge in [-0.1, -0.05) is 12.1 Å². The molecule has 1 aromatic rings. The molecule has 0 bridgehead atoms. The van der Waals surface area contributed by atoms with Crippen molar-refractivity contribution in [3.63, 3.8) is 0 Å². The van der Waals surface area contributed by atoms with E-state index in [4.69, 9.17) is 0 Å². The average molecular weight is 277 g/mol. The third kappa shape index (κ3) is 3.20. The fraction of sp³-hybridized carbons (Fsp3) is 0.357. The van der Waals surface area contributed by atoms with Crippen molar-refractivity contribution in [3.05, 3.63) is 35.1 Å². The van der Waals surface area contributed by atoms with Crippen LogP contribution in [-0.4, -0.2) is 17.5 Å². The maximum absolute atomic E-state index is 13.5. The molecule has 20 heavy (non-hydrogen) atoms. The van der Waals surface area contributed by atoms with E-state index in [1.165, 1.54) is 6.07 Å². The summed E-state index contributed by atoms with van der Waals surface area (Å²) in [6.07, 6.45) is 0.562. The van der Waals surface area contributed by atoms with Crippen LogP contribution in [0.25, 0.3) is 0 Å². The summed E-state index contributed by atoms with van der Waals surface area (Å²) in [6.45, 7) is 3.45. The van der Waals surface area contributed by atoms with E-state index in [-0.39, 0.29) is 35.8 Å².